The molecule has 206 valence electrons. The monoisotopic (exact) mass is 577 g/mol. The first-order valence-electron chi connectivity index (χ1n) is 12.9. The van der Waals surface area contributed by atoms with Crippen molar-refractivity contribution in [3.63, 3.8) is 0 Å². The highest BCUT2D eigenvalue weighted by Gasteiger charge is 2.29. The molecule has 2 atom stereocenters. The number of amides is 2. The van der Waals surface area contributed by atoms with E-state index in [0.29, 0.717) is 15.8 Å². The third-order valence-corrected chi connectivity index (χ3v) is 8.90. The summed E-state index contributed by atoms with van der Waals surface area (Å²) in [6, 6.07) is 14.0. The highest BCUT2D eigenvalue weighted by molar-refractivity contribution is 7.15. The van der Waals surface area contributed by atoms with Gasteiger partial charge >= 0.3 is 0 Å². The molecule has 2 amide bonds. The molecule has 1 aliphatic rings. The Labute approximate surface area is 238 Å². The standard InChI is InChI=1S/C27H27N7O4S2/c1-16-7-2-3-8-17(16)14-22(35)28-26-32-30-24(39-26)19-10-6-11-20(13-19)25-31-33-27(40-25)29-23(36)15-18-9-4-5-12-21(18)34(37)38/h2-5,7-9,12,19-20H,6,10-11,13-15H2,1H3,(H,28,32,35)(H,29,33,36)/t19-,20-/m0/s1. The molecule has 0 spiro atoms. The molecule has 0 saturated heterocycles. The third kappa shape index (κ3) is 6.72. The maximum atomic E-state index is 12.5. The van der Waals surface area contributed by atoms with Gasteiger partial charge in [0.05, 0.1) is 17.8 Å². The fourth-order valence-corrected chi connectivity index (χ4v) is 6.67. The van der Waals surface area contributed by atoms with Gasteiger partial charge in [-0.2, -0.15) is 0 Å². The number of anilines is 2. The summed E-state index contributed by atoms with van der Waals surface area (Å²) in [5, 5.41) is 36.4. The summed E-state index contributed by atoms with van der Waals surface area (Å²) < 4.78 is 0. The number of carbonyl (C=O) groups excluding carboxylic acids is 2. The summed E-state index contributed by atoms with van der Waals surface area (Å²) in [4.78, 5) is 35.8. The maximum absolute atomic E-state index is 12.5. The molecule has 0 aliphatic heterocycles. The van der Waals surface area contributed by atoms with Crippen LogP contribution < -0.4 is 10.6 Å². The number of hydrogen-bond acceptors (Lipinski definition) is 10. The van der Waals surface area contributed by atoms with Crippen LogP contribution in [0.4, 0.5) is 16.0 Å². The van der Waals surface area contributed by atoms with Crippen molar-refractivity contribution in [2.45, 2.75) is 57.3 Å². The van der Waals surface area contributed by atoms with Crippen LogP contribution in [0.3, 0.4) is 0 Å². The van der Waals surface area contributed by atoms with Crippen molar-refractivity contribution < 1.29 is 14.5 Å². The number of aromatic nitrogens is 4. The minimum absolute atomic E-state index is 0.0884. The van der Waals surface area contributed by atoms with E-state index in [1.165, 1.54) is 28.7 Å². The first-order valence-corrected chi connectivity index (χ1v) is 14.5. The molecule has 1 fully saturated rings. The van der Waals surface area contributed by atoms with E-state index in [0.717, 1.165) is 46.8 Å². The molecule has 2 heterocycles. The quantitative estimate of drug-likeness (QED) is 0.198. The lowest BCUT2D eigenvalue weighted by Crippen LogP contribution is -2.15. The summed E-state index contributed by atoms with van der Waals surface area (Å²) in [5.41, 5.74) is 2.31. The van der Waals surface area contributed by atoms with E-state index in [1.54, 1.807) is 18.2 Å². The van der Waals surface area contributed by atoms with Crippen molar-refractivity contribution in [3.05, 3.63) is 85.4 Å². The van der Waals surface area contributed by atoms with Gasteiger partial charge in [-0.05, 0) is 37.3 Å². The summed E-state index contributed by atoms with van der Waals surface area (Å²) >= 11 is 2.73. The van der Waals surface area contributed by atoms with Crippen molar-refractivity contribution in [1.29, 1.82) is 0 Å². The summed E-state index contributed by atoms with van der Waals surface area (Å²) in [5.74, 6) is -0.146. The lowest BCUT2D eigenvalue weighted by Gasteiger charge is -2.25. The number of aryl methyl sites for hydroxylation is 1. The van der Waals surface area contributed by atoms with E-state index in [2.05, 4.69) is 31.0 Å². The van der Waals surface area contributed by atoms with Crippen LogP contribution in [0.25, 0.3) is 0 Å². The maximum Gasteiger partial charge on any atom is 0.273 e. The summed E-state index contributed by atoms with van der Waals surface area (Å²) in [7, 11) is 0. The topological polar surface area (TPSA) is 153 Å². The zero-order valence-electron chi connectivity index (χ0n) is 21.7. The van der Waals surface area contributed by atoms with Gasteiger partial charge in [0.1, 0.15) is 10.0 Å². The minimum Gasteiger partial charge on any atom is -0.300 e. The molecule has 2 N–H and O–H groups in total. The fourth-order valence-electron chi connectivity index (χ4n) is 4.86. The van der Waals surface area contributed by atoms with Crippen molar-refractivity contribution in [1.82, 2.24) is 20.4 Å². The minimum atomic E-state index is -0.494. The average Bonchev–Trinajstić information content (AvgIpc) is 3.60. The summed E-state index contributed by atoms with van der Waals surface area (Å²) in [6.45, 7) is 1.98. The Kier molecular flexibility index (Phi) is 8.51. The molecule has 0 bridgehead atoms. The van der Waals surface area contributed by atoms with Crippen LogP contribution in [-0.4, -0.2) is 37.1 Å². The predicted octanol–water partition coefficient (Wildman–Crippen LogP) is 5.41. The normalized spacial score (nSPS) is 16.8. The Morgan fingerprint density at radius 1 is 0.850 bits per heavy atom. The van der Waals surface area contributed by atoms with Gasteiger partial charge in [-0.25, -0.2) is 0 Å². The molecule has 4 aromatic rings. The number of benzene rings is 2. The van der Waals surface area contributed by atoms with E-state index < -0.39 is 4.92 Å². The van der Waals surface area contributed by atoms with Crippen molar-refractivity contribution in [3.8, 4) is 0 Å². The molecule has 40 heavy (non-hydrogen) atoms. The first kappa shape index (κ1) is 27.5. The van der Waals surface area contributed by atoms with E-state index >= 15 is 0 Å². The number of nitrogens with one attached hydrogen (secondary N) is 2. The van der Waals surface area contributed by atoms with Crippen LogP contribution in [-0.2, 0) is 22.4 Å². The number of nitrogens with zero attached hydrogens (tertiary/aromatic N) is 5. The second-order valence-electron chi connectivity index (χ2n) is 9.71. The number of hydrogen-bond donors (Lipinski definition) is 2. The van der Waals surface area contributed by atoms with E-state index in [1.807, 2.05) is 31.2 Å². The molecule has 5 rings (SSSR count). The predicted molar refractivity (Wildman–Crippen MR) is 153 cm³/mol. The number of rotatable bonds is 9. The largest absolute Gasteiger partial charge is 0.300 e. The third-order valence-electron chi connectivity index (χ3n) is 6.90. The molecule has 13 heteroatoms. The molecule has 1 saturated carbocycles. The van der Waals surface area contributed by atoms with Crippen LogP contribution in [0.5, 0.6) is 0 Å². The van der Waals surface area contributed by atoms with E-state index in [-0.39, 0.29) is 42.2 Å². The lowest BCUT2D eigenvalue weighted by atomic mass is 9.82. The molecule has 0 unspecified atom stereocenters. The van der Waals surface area contributed by atoms with Gasteiger partial charge in [-0.15, -0.1) is 20.4 Å². The second kappa shape index (κ2) is 12.4. The van der Waals surface area contributed by atoms with Crippen LogP contribution in [0.15, 0.2) is 48.5 Å². The number of nitro groups is 1. The van der Waals surface area contributed by atoms with E-state index in [4.69, 9.17) is 0 Å². The van der Waals surface area contributed by atoms with E-state index in [9.17, 15) is 19.7 Å². The fraction of sp³-hybridized carbons (Fsp3) is 0.333. The molecule has 0 radical (unpaired) electrons. The number of para-hydroxylation sites is 1. The zero-order chi connectivity index (χ0) is 28.1. The molecule has 11 nitrogen and oxygen atoms in total. The van der Waals surface area contributed by atoms with Gasteiger partial charge < -0.3 is 10.6 Å². The SMILES string of the molecule is Cc1ccccc1CC(=O)Nc1nnc([C@H]2CCC[C@H](c3nnc(NC(=O)Cc4ccccc4[N+](=O)[O-])s3)C2)s1. The summed E-state index contributed by atoms with van der Waals surface area (Å²) in [6.07, 6.45) is 3.89. The number of nitro benzene ring substituents is 1. The molecular formula is C27H27N7O4S2. The smallest absolute Gasteiger partial charge is 0.273 e. The van der Waals surface area contributed by atoms with Gasteiger partial charge in [0, 0.05) is 23.5 Å². The van der Waals surface area contributed by atoms with Crippen molar-refractivity contribution >= 4 is 50.4 Å². The highest BCUT2D eigenvalue weighted by atomic mass is 32.1. The molecular weight excluding hydrogens is 550 g/mol. The Morgan fingerprint density at radius 3 is 1.95 bits per heavy atom. The van der Waals surface area contributed by atoms with Gasteiger partial charge in [0.2, 0.25) is 22.1 Å². The first-order chi connectivity index (χ1) is 19.4. The van der Waals surface area contributed by atoms with Gasteiger partial charge in [0.25, 0.3) is 5.69 Å². The molecule has 2 aromatic heterocycles. The lowest BCUT2D eigenvalue weighted by molar-refractivity contribution is -0.385. The molecule has 2 aromatic carbocycles. The zero-order valence-corrected chi connectivity index (χ0v) is 23.3. The van der Waals surface area contributed by atoms with Crippen LogP contribution in [0, 0.1) is 17.0 Å². The Balaban J connectivity index is 1.16. The Morgan fingerprint density at radius 2 is 1.38 bits per heavy atom. The van der Waals surface area contributed by atoms with Gasteiger partial charge in [-0.3, -0.25) is 19.7 Å². The second-order valence-corrected chi connectivity index (χ2v) is 11.7. The molecule has 1 aliphatic carbocycles. The van der Waals surface area contributed by atoms with Gasteiger partial charge in [-0.1, -0.05) is 71.6 Å². The van der Waals surface area contributed by atoms with Crippen molar-refractivity contribution in [2.24, 2.45) is 0 Å². The van der Waals surface area contributed by atoms with Crippen LogP contribution in [0.2, 0.25) is 0 Å². The Bertz CT molecular complexity index is 1540. The number of carbonyl (C=O) groups is 2. The van der Waals surface area contributed by atoms with Crippen LogP contribution >= 0.6 is 22.7 Å². The van der Waals surface area contributed by atoms with Crippen LogP contribution in [0.1, 0.15) is 64.2 Å². The van der Waals surface area contributed by atoms with Gasteiger partial charge in [0.15, 0.2) is 0 Å². The van der Waals surface area contributed by atoms with Crippen molar-refractivity contribution in [2.75, 3.05) is 10.6 Å². The Hall–Kier alpha value is -4.10. The average molecular weight is 578 g/mol. The highest BCUT2D eigenvalue weighted by Crippen LogP contribution is 2.43.